The number of nitrogens with zero attached hydrogens (tertiary/aromatic N) is 3. The highest BCUT2D eigenvalue weighted by atomic mass is 35.5. The van der Waals surface area contributed by atoms with Gasteiger partial charge in [-0.2, -0.15) is 0 Å². The Morgan fingerprint density at radius 1 is 1.35 bits per heavy atom. The zero-order valence-electron chi connectivity index (χ0n) is 12.2. The van der Waals surface area contributed by atoms with Crippen molar-refractivity contribution >= 4 is 22.8 Å². The zero-order chi connectivity index (χ0) is 14.4. The number of ether oxygens (including phenoxy) is 1. The Labute approximate surface area is 125 Å². The highest BCUT2D eigenvalue weighted by molar-refractivity contribution is 6.17. The first-order valence-corrected chi connectivity index (χ1v) is 7.75. The van der Waals surface area contributed by atoms with Crippen molar-refractivity contribution in [1.29, 1.82) is 0 Å². The molecule has 0 aliphatic rings. The first-order valence-electron chi connectivity index (χ1n) is 7.22. The van der Waals surface area contributed by atoms with Gasteiger partial charge < -0.3 is 9.30 Å². The van der Waals surface area contributed by atoms with Gasteiger partial charge in [-0.25, -0.2) is 9.97 Å². The van der Waals surface area contributed by atoms with Crippen molar-refractivity contribution in [3.63, 3.8) is 0 Å². The molecule has 5 heteroatoms. The van der Waals surface area contributed by atoms with E-state index in [-0.39, 0.29) is 0 Å². The van der Waals surface area contributed by atoms with Crippen LogP contribution in [0.4, 0.5) is 0 Å². The average Bonchev–Trinajstić information content (AvgIpc) is 2.79. The Kier molecular flexibility index (Phi) is 5.80. The number of halogens is 1. The van der Waals surface area contributed by atoms with Crippen molar-refractivity contribution in [1.82, 2.24) is 14.5 Å². The van der Waals surface area contributed by atoms with Crippen LogP contribution in [0.15, 0.2) is 12.3 Å². The lowest BCUT2D eigenvalue weighted by molar-refractivity contribution is 0.123. The van der Waals surface area contributed by atoms with E-state index >= 15 is 0 Å². The molecule has 20 heavy (non-hydrogen) atoms. The minimum atomic E-state index is 0.569. The highest BCUT2D eigenvalue weighted by Gasteiger charge is 2.12. The summed E-state index contributed by atoms with van der Waals surface area (Å²) in [5.74, 6) is 1.56. The summed E-state index contributed by atoms with van der Waals surface area (Å²) in [4.78, 5) is 9.14. The molecule has 0 aromatic carbocycles. The molecule has 0 radical (unpaired) electrons. The molecule has 2 rings (SSSR count). The van der Waals surface area contributed by atoms with Gasteiger partial charge in [0.05, 0.1) is 6.61 Å². The lowest BCUT2D eigenvalue weighted by Crippen LogP contribution is -2.11. The summed E-state index contributed by atoms with van der Waals surface area (Å²) in [6, 6.07) is 1.99. The lowest BCUT2D eigenvalue weighted by Gasteiger charge is -2.08. The van der Waals surface area contributed by atoms with E-state index in [1.54, 1.807) is 0 Å². The molecule has 0 atom stereocenters. The van der Waals surface area contributed by atoms with Crippen molar-refractivity contribution in [3.8, 4) is 0 Å². The molecule has 0 amide bonds. The quantitative estimate of drug-likeness (QED) is 0.554. The van der Waals surface area contributed by atoms with E-state index in [0.29, 0.717) is 12.5 Å². The van der Waals surface area contributed by atoms with E-state index in [9.17, 15) is 0 Å². The average molecular weight is 296 g/mol. The fourth-order valence-corrected chi connectivity index (χ4v) is 2.37. The predicted molar refractivity (Wildman–Crippen MR) is 82.4 cm³/mol. The number of unbranched alkanes of at least 4 members (excludes halogenated alkanes) is 1. The molecule has 0 saturated carbocycles. The first-order chi connectivity index (χ1) is 9.77. The molecule has 0 saturated heterocycles. The monoisotopic (exact) mass is 295 g/mol. The summed E-state index contributed by atoms with van der Waals surface area (Å²) in [7, 11) is 0. The zero-order valence-corrected chi connectivity index (χ0v) is 13.0. The molecule has 0 unspecified atom stereocenters. The van der Waals surface area contributed by atoms with Gasteiger partial charge in [0.1, 0.15) is 11.3 Å². The van der Waals surface area contributed by atoms with E-state index in [0.717, 1.165) is 55.0 Å². The Bertz CT molecular complexity index is 553. The normalized spacial score (nSPS) is 11.3. The predicted octanol–water partition coefficient (Wildman–Crippen LogP) is 3.34. The second-order valence-corrected chi connectivity index (χ2v) is 5.26. The summed E-state index contributed by atoms with van der Waals surface area (Å²) in [5.41, 5.74) is 3.06. The molecule has 2 aromatic heterocycles. The maximum absolute atomic E-state index is 5.87. The second kappa shape index (κ2) is 7.60. The first kappa shape index (κ1) is 15.3. The molecule has 0 aliphatic heterocycles. The van der Waals surface area contributed by atoms with Crippen molar-refractivity contribution in [2.75, 3.05) is 19.1 Å². The van der Waals surface area contributed by atoms with Crippen LogP contribution in [-0.2, 0) is 17.7 Å². The second-order valence-electron chi connectivity index (χ2n) is 4.88. The van der Waals surface area contributed by atoms with Crippen LogP contribution >= 0.6 is 11.6 Å². The van der Waals surface area contributed by atoms with E-state index < -0.39 is 0 Å². The number of imidazole rings is 1. The third kappa shape index (κ3) is 3.49. The third-order valence-electron chi connectivity index (χ3n) is 3.33. The van der Waals surface area contributed by atoms with Gasteiger partial charge in [-0.3, -0.25) is 0 Å². The standard InChI is InChI=1S/C15H22ClN3O/c1-3-4-10-20-11-9-19-13(5-7-16)18-14-12(2)6-8-17-15(14)19/h6,8H,3-5,7,9-11H2,1-2H3. The summed E-state index contributed by atoms with van der Waals surface area (Å²) in [6.45, 7) is 6.52. The topological polar surface area (TPSA) is 39.9 Å². The number of rotatable bonds is 8. The van der Waals surface area contributed by atoms with Gasteiger partial charge in [-0.15, -0.1) is 11.6 Å². The molecule has 4 nitrogen and oxygen atoms in total. The van der Waals surface area contributed by atoms with Crippen LogP contribution in [0.25, 0.3) is 11.2 Å². The molecule has 0 N–H and O–H groups in total. The van der Waals surface area contributed by atoms with Crippen LogP contribution in [0.3, 0.4) is 0 Å². The molecular formula is C15H22ClN3O. The van der Waals surface area contributed by atoms with Crippen molar-refractivity contribution in [2.45, 2.75) is 39.7 Å². The summed E-state index contributed by atoms with van der Waals surface area (Å²) >= 11 is 5.87. The smallest absolute Gasteiger partial charge is 0.160 e. The van der Waals surface area contributed by atoms with Gasteiger partial charge in [-0.05, 0) is 25.0 Å². The maximum atomic E-state index is 5.87. The minimum absolute atomic E-state index is 0.569. The third-order valence-corrected chi connectivity index (χ3v) is 3.52. The number of fused-ring (bicyclic) bond motifs is 1. The molecule has 2 aromatic rings. The molecule has 2 heterocycles. The fraction of sp³-hybridized carbons (Fsp3) is 0.600. The van der Waals surface area contributed by atoms with Gasteiger partial charge in [0.2, 0.25) is 0 Å². The Morgan fingerprint density at radius 3 is 2.95 bits per heavy atom. The number of hydrogen-bond acceptors (Lipinski definition) is 3. The van der Waals surface area contributed by atoms with E-state index in [4.69, 9.17) is 16.3 Å². The maximum Gasteiger partial charge on any atom is 0.160 e. The summed E-state index contributed by atoms with van der Waals surface area (Å²) in [6.07, 6.45) is 4.85. The molecule has 110 valence electrons. The summed E-state index contributed by atoms with van der Waals surface area (Å²) < 4.78 is 7.79. The largest absolute Gasteiger partial charge is 0.380 e. The van der Waals surface area contributed by atoms with Crippen LogP contribution in [0.1, 0.15) is 31.2 Å². The molecule has 0 spiro atoms. The molecule has 0 fully saturated rings. The SMILES string of the molecule is CCCCOCCn1c(CCCl)nc2c(C)ccnc21. The van der Waals surface area contributed by atoms with Gasteiger partial charge in [0.15, 0.2) is 5.65 Å². The Hall–Kier alpha value is -1.13. The number of pyridine rings is 1. The van der Waals surface area contributed by atoms with E-state index in [1.807, 2.05) is 12.3 Å². The minimum Gasteiger partial charge on any atom is -0.380 e. The van der Waals surface area contributed by atoms with Crippen LogP contribution in [-0.4, -0.2) is 33.6 Å². The van der Waals surface area contributed by atoms with Gasteiger partial charge in [0.25, 0.3) is 0 Å². The van der Waals surface area contributed by atoms with Gasteiger partial charge >= 0.3 is 0 Å². The number of aryl methyl sites for hydroxylation is 2. The summed E-state index contributed by atoms with van der Waals surface area (Å²) in [5, 5.41) is 0. The van der Waals surface area contributed by atoms with Crippen LogP contribution < -0.4 is 0 Å². The van der Waals surface area contributed by atoms with Crippen LogP contribution in [0.2, 0.25) is 0 Å². The van der Waals surface area contributed by atoms with E-state index in [1.165, 1.54) is 0 Å². The number of alkyl halides is 1. The van der Waals surface area contributed by atoms with Crippen LogP contribution in [0, 0.1) is 6.92 Å². The number of hydrogen-bond donors (Lipinski definition) is 0. The van der Waals surface area contributed by atoms with Crippen molar-refractivity contribution in [2.24, 2.45) is 0 Å². The number of aromatic nitrogens is 3. The van der Waals surface area contributed by atoms with Crippen LogP contribution in [0.5, 0.6) is 0 Å². The highest BCUT2D eigenvalue weighted by Crippen LogP contribution is 2.18. The Balaban J connectivity index is 2.16. The molecule has 0 bridgehead atoms. The molecule has 0 aliphatic carbocycles. The Morgan fingerprint density at radius 2 is 2.20 bits per heavy atom. The van der Waals surface area contributed by atoms with Gasteiger partial charge in [0, 0.05) is 31.6 Å². The van der Waals surface area contributed by atoms with E-state index in [2.05, 4.69) is 28.4 Å². The lowest BCUT2D eigenvalue weighted by atomic mass is 10.3. The van der Waals surface area contributed by atoms with Crippen molar-refractivity contribution in [3.05, 3.63) is 23.7 Å². The fourth-order valence-electron chi connectivity index (χ4n) is 2.20. The van der Waals surface area contributed by atoms with Gasteiger partial charge in [-0.1, -0.05) is 13.3 Å². The molecular weight excluding hydrogens is 274 g/mol. The van der Waals surface area contributed by atoms with Crippen molar-refractivity contribution < 1.29 is 4.74 Å².